The number of aryl methyl sites for hydroxylation is 1. The van der Waals surface area contributed by atoms with Gasteiger partial charge in [0.25, 0.3) is 0 Å². The highest BCUT2D eigenvalue weighted by Gasteiger charge is 2.21. The van der Waals surface area contributed by atoms with E-state index in [1.807, 2.05) is 0 Å². The highest BCUT2D eigenvalue weighted by Crippen LogP contribution is 2.35. The fraction of sp³-hybridized carbons (Fsp3) is 0.333. The molecule has 2 aromatic carbocycles. The smallest absolute Gasteiger partial charge is 0.0117 e. The quantitative estimate of drug-likeness (QED) is 0.689. The molecule has 0 aliphatic carbocycles. The number of benzene rings is 2. The lowest BCUT2D eigenvalue weighted by molar-refractivity contribution is 0.495. The predicted octanol–water partition coefficient (Wildman–Crippen LogP) is 5.17. The standard InChI is InChI=1S/C18H22/c1-4-14(2)18(16-11-6-5-7-12-16)17-13-9-8-10-15(17)3/h5-14,18H,4H2,1-3H3. The zero-order valence-corrected chi connectivity index (χ0v) is 11.6. The molecule has 0 radical (unpaired) electrons. The van der Waals surface area contributed by atoms with Gasteiger partial charge in [-0.2, -0.15) is 0 Å². The largest absolute Gasteiger partial charge is 0.0651 e. The third-order valence-corrected chi connectivity index (χ3v) is 3.90. The van der Waals surface area contributed by atoms with Gasteiger partial charge in [0.2, 0.25) is 0 Å². The molecule has 2 aromatic rings. The van der Waals surface area contributed by atoms with Gasteiger partial charge in [-0.1, -0.05) is 74.9 Å². The molecule has 0 saturated carbocycles. The van der Waals surface area contributed by atoms with Crippen LogP contribution in [0, 0.1) is 12.8 Å². The molecule has 0 saturated heterocycles. The molecule has 0 fully saturated rings. The lowest BCUT2D eigenvalue weighted by atomic mass is 9.79. The van der Waals surface area contributed by atoms with E-state index in [2.05, 4.69) is 75.4 Å². The van der Waals surface area contributed by atoms with Crippen molar-refractivity contribution in [3.05, 3.63) is 71.3 Å². The summed E-state index contributed by atoms with van der Waals surface area (Å²) >= 11 is 0. The summed E-state index contributed by atoms with van der Waals surface area (Å²) < 4.78 is 0. The molecule has 0 heterocycles. The van der Waals surface area contributed by atoms with Crippen molar-refractivity contribution in [3.8, 4) is 0 Å². The van der Waals surface area contributed by atoms with E-state index in [0.29, 0.717) is 11.8 Å². The van der Waals surface area contributed by atoms with Gasteiger partial charge in [-0.3, -0.25) is 0 Å². The summed E-state index contributed by atoms with van der Waals surface area (Å²) in [6.07, 6.45) is 1.20. The van der Waals surface area contributed by atoms with Crippen LogP contribution >= 0.6 is 0 Å². The lowest BCUT2D eigenvalue weighted by Crippen LogP contribution is -2.12. The molecule has 2 unspecified atom stereocenters. The van der Waals surface area contributed by atoms with E-state index in [9.17, 15) is 0 Å². The Morgan fingerprint density at radius 2 is 1.50 bits per heavy atom. The van der Waals surface area contributed by atoms with E-state index in [4.69, 9.17) is 0 Å². The highest BCUT2D eigenvalue weighted by molar-refractivity contribution is 5.37. The minimum absolute atomic E-state index is 0.511. The van der Waals surface area contributed by atoms with Crippen LogP contribution in [0.1, 0.15) is 42.9 Å². The molecule has 0 aliphatic rings. The molecule has 0 aromatic heterocycles. The zero-order valence-electron chi connectivity index (χ0n) is 11.6. The van der Waals surface area contributed by atoms with Crippen LogP contribution < -0.4 is 0 Å². The van der Waals surface area contributed by atoms with Gasteiger partial charge in [0, 0.05) is 5.92 Å². The van der Waals surface area contributed by atoms with E-state index in [-0.39, 0.29) is 0 Å². The summed E-state index contributed by atoms with van der Waals surface area (Å²) in [6, 6.07) is 19.7. The van der Waals surface area contributed by atoms with Gasteiger partial charge in [-0.15, -0.1) is 0 Å². The Morgan fingerprint density at radius 3 is 2.11 bits per heavy atom. The Bertz CT molecular complexity index is 484. The van der Waals surface area contributed by atoms with E-state index < -0.39 is 0 Å². The van der Waals surface area contributed by atoms with Crippen molar-refractivity contribution in [1.82, 2.24) is 0 Å². The van der Waals surface area contributed by atoms with Gasteiger partial charge < -0.3 is 0 Å². The summed E-state index contributed by atoms with van der Waals surface area (Å²) in [5.74, 6) is 1.17. The second kappa shape index (κ2) is 5.86. The summed E-state index contributed by atoms with van der Waals surface area (Å²) in [6.45, 7) is 6.84. The molecule has 0 heteroatoms. The average molecular weight is 238 g/mol. The Hall–Kier alpha value is -1.56. The second-order valence-electron chi connectivity index (χ2n) is 5.13. The van der Waals surface area contributed by atoms with Crippen LogP contribution in [0.2, 0.25) is 0 Å². The number of rotatable bonds is 4. The minimum atomic E-state index is 0.511. The topological polar surface area (TPSA) is 0 Å². The van der Waals surface area contributed by atoms with Crippen molar-refractivity contribution in [2.75, 3.05) is 0 Å². The molecule has 0 bridgehead atoms. The first-order valence-corrected chi connectivity index (χ1v) is 6.84. The molecule has 2 atom stereocenters. The molecule has 0 spiro atoms. The molecule has 94 valence electrons. The molecule has 0 N–H and O–H groups in total. The molecule has 0 nitrogen and oxygen atoms in total. The van der Waals surface area contributed by atoms with Gasteiger partial charge in [-0.05, 0) is 29.5 Å². The summed E-state index contributed by atoms with van der Waals surface area (Å²) in [5, 5.41) is 0. The zero-order chi connectivity index (χ0) is 13.0. The van der Waals surface area contributed by atoms with Crippen molar-refractivity contribution >= 4 is 0 Å². The maximum atomic E-state index is 2.35. The van der Waals surface area contributed by atoms with Crippen molar-refractivity contribution in [2.24, 2.45) is 5.92 Å². The molecular formula is C18H22. The van der Waals surface area contributed by atoms with Gasteiger partial charge in [0.1, 0.15) is 0 Å². The van der Waals surface area contributed by atoms with Crippen LogP contribution in [0.25, 0.3) is 0 Å². The maximum absolute atomic E-state index is 2.35. The molecule has 18 heavy (non-hydrogen) atoms. The highest BCUT2D eigenvalue weighted by atomic mass is 14.2. The van der Waals surface area contributed by atoms with Crippen LogP contribution in [-0.2, 0) is 0 Å². The Balaban J connectivity index is 2.47. The Morgan fingerprint density at radius 1 is 0.889 bits per heavy atom. The van der Waals surface area contributed by atoms with Gasteiger partial charge in [-0.25, -0.2) is 0 Å². The molecule has 0 amide bonds. The van der Waals surface area contributed by atoms with E-state index in [1.54, 1.807) is 0 Å². The normalized spacial score (nSPS) is 14.2. The average Bonchev–Trinajstić information content (AvgIpc) is 2.42. The van der Waals surface area contributed by atoms with Crippen molar-refractivity contribution < 1.29 is 0 Å². The fourth-order valence-corrected chi connectivity index (χ4v) is 2.65. The first-order valence-electron chi connectivity index (χ1n) is 6.84. The van der Waals surface area contributed by atoms with Crippen LogP contribution in [0.3, 0.4) is 0 Å². The number of hydrogen-bond donors (Lipinski definition) is 0. The number of hydrogen-bond acceptors (Lipinski definition) is 0. The fourth-order valence-electron chi connectivity index (χ4n) is 2.65. The second-order valence-corrected chi connectivity index (χ2v) is 5.13. The van der Waals surface area contributed by atoms with E-state index in [0.717, 1.165) is 0 Å². The third kappa shape index (κ3) is 2.64. The summed E-state index contributed by atoms with van der Waals surface area (Å²) in [4.78, 5) is 0. The van der Waals surface area contributed by atoms with Crippen molar-refractivity contribution in [1.29, 1.82) is 0 Å². The molecular weight excluding hydrogens is 216 g/mol. The van der Waals surface area contributed by atoms with Gasteiger partial charge >= 0.3 is 0 Å². The van der Waals surface area contributed by atoms with Crippen LogP contribution in [0.4, 0.5) is 0 Å². The van der Waals surface area contributed by atoms with Gasteiger partial charge in [0.15, 0.2) is 0 Å². The SMILES string of the molecule is CCC(C)C(c1ccccc1)c1ccccc1C. The molecule has 2 rings (SSSR count). The monoisotopic (exact) mass is 238 g/mol. The van der Waals surface area contributed by atoms with Crippen molar-refractivity contribution in [3.63, 3.8) is 0 Å². The summed E-state index contributed by atoms with van der Waals surface area (Å²) in [5.41, 5.74) is 4.30. The van der Waals surface area contributed by atoms with Gasteiger partial charge in [0.05, 0.1) is 0 Å². The van der Waals surface area contributed by atoms with E-state index in [1.165, 1.54) is 23.1 Å². The van der Waals surface area contributed by atoms with Crippen LogP contribution in [0.15, 0.2) is 54.6 Å². The Kier molecular flexibility index (Phi) is 4.19. The Labute approximate surface area is 111 Å². The molecule has 0 aliphatic heterocycles. The third-order valence-electron chi connectivity index (χ3n) is 3.90. The van der Waals surface area contributed by atoms with Crippen LogP contribution in [0.5, 0.6) is 0 Å². The minimum Gasteiger partial charge on any atom is -0.0651 e. The maximum Gasteiger partial charge on any atom is 0.0117 e. The first kappa shape index (κ1) is 12.9. The van der Waals surface area contributed by atoms with Crippen molar-refractivity contribution in [2.45, 2.75) is 33.1 Å². The van der Waals surface area contributed by atoms with E-state index >= 15 is 0 Å². The predicted molar refractivity (Wildman–Crippen MR) is 78.9 cm³/mol. The lowest BCUT2D eigenvalue weighted by Gasteiger charge is -2.25. The van der Waals surface area contributed by atoms with Crippen LogP contribution in [-0.4, -0.2) is 0 Å². The summed E-state index contributed by atoms with van der Waals surface area (Å²) in [7, 11) is 0. The first-order chi connectivity index (χ1) is 8.74.